The lowest BCUT2D eigenvalue weighted by molar-refractivity contribution is -0.128. The zero-order valence-corrected chi connectivity index (χ0v) is 17.0. The van der Waals surface area contributed by atoms with Crippen molar-refractivity contribution in [3.8, 4) is 11.5 Å². The molecule has 4 rings (SSSR count). The van der Waals surface area contributed by atoms with E-state index in [0.29, 0.717) is 24.5 Å². The molecular weight excluding hydrogens is 374 g/mol. The summed E-state index contributed by atoms with van der Waals surface area (Å²) in [4.78, 5) is 14.5. The first-order chi connectivity index (χ1) is 13.6. The highest BCUT2D eigenvalue weighted by molar-refractivity contribution is 6.30. The Bertz CT molecular complexity index is 847. The zero-order valence-electron chi connectivity index (χ0n) is 16.2. The smallest absolute Gasteiger partial charge is 0.223 e. The van der Waals surface area contributed by atoms with Crippen LogP contribution in [0, 0.1) is 0 Å². The maximum absolute atomic E-state index is 12.6. The Morgan fingerprint density at radius 3 is 2.68 bits per heavy atom. The topological polar surface area (TPSA) is 38.8 Å². The average Bonchev–Trinajstić information content (AvgIpc) is 3.32. The summed E-state index contributed by atoms with van der Waals surface area (Å²) in [6.07, 6.45) is 5.44. The number of benzene rings is 2. The molecule has 0 N–H and O–H groups in total. The van der Waals surface area contributed by atoms with Gasteiger partial charge in [-0.25, -0.2) is 0 Å². The van der Waals surface area contributed by atoms with E-state index in [2.05, 4.69) is 12.1 Å². The third-order valence-electron chi connectivity index (χ3n) is 5.73. The number of likely N-dealkylation sites (tertiary alicyclic amines) is 1. The summed E-state index contributed by atoms with van der Waals surface area (Å²) in [5.74, 6) is 1.91. The van der Waals surface area contributed by atoms with Crippen LogP contribution in [0.2, 0.25) is 5.02 Å². The van der Waals surface area contributed by atoms with E-state index >= 15 is 0 Å². The molecule has 5 heteroatoms. The molecule has 2 fully saturated rings. The van der Waals surface area contributed by atoms with Crippen molar-refractivity contribution in [2.24, 2.45) is 0 Å². The maximum atomic E-state index is 12.6. The van der Waals surface area contributed by atoms with Crippen LogP contribution in [0.15, 0.2) is 42.5 Å². The number of methoxy groups -OCH3 is 1. The van der Waals surface area contributed by atoms with E-state index in [-0.39, 0.29) is 17.9 Å². The molecule has 1 heterocycles. The summed E-state index contributed by atoms with van der Waals surface area (Å²) in [6, 6.07) is 13.8. The van der Waals surface area contributed by atoms with Crippen LogP contribution in [0.5, 0.6) is 11.5 Å². The molecule has 0 radical (unpaired) electrons. The number of halogens is 1. The molecule has 2 aromatic rings. The lowest BCUT2D eigenvalue weighted by atomic mass is 9.98. The predicted molar refractivity (Wildman–Crippen MR) is 110 cm³/mol. The second-order valence-corrected chi connectivity index (χ2v) is 8.18. The van der Waals surface area contributed by atoms with E-state index in [1.165, 1.54) is 12.8 Å². The fourth-order valence-electron chi connectivity index (χ4n) is 4.23. The highest BCUT2D eigenvalue weighted by Gasteiger charge is 2.31. The molecule has 1 aliphatic carbocycles. The van der Waals surface area contributed by atoms with Crippen molar-refractivity contribution in [1.29, 1.82) is 0 Å². The van der Waals surface area contributed by atoms with Crippen LogP contribution >= 0.6 is 11.6 Å². The van der Waals surface area contributed by atoms with Crippen LogP contribution in [-0.4, -0.2) is 30.6 Å². The van der Waals surface area contributed by atoms with Gasteiger partial charge in [0.2, 0.25) is 5.91 Å². The first-order valence-electron chi connectivity index (χ1n) is 9.99. The third kappa shape index (κ3) is 4.27. The molecule has 1 atom stereocenters. The fraction of sp³-hybridized carbons (Fsp3) is 0.435. The second-order valence-electron chi connectivity index (χ2n) is 7.74. The van der Waals surface area contributed by atoms with E-state index in [1.54, 1.807) is 7.11 Å². The normalized spacial score (nSPS) is 20.0. The van der Waals surface area contributed by atoms with Crippen LogP contribution in [0.3, 0.4) is 0 Å². The summed E-state index contributed by atoms with van der Waals surface area (Å²) in [5, 5.41) is 0.699. The molecule has 0 unspecified atom stereocenters. The van der Waals surface area contributed by atoms with Gasteiger partial charge in [0.1, 0.15) is 0 Å². The largest absolute Gasteiger partial charge is 0.493 e. The van der Waals surface area contributed by atoms with E-state index in [1.807, 2.05) is 35.2 Å². The third-order valence-corrected chi connectivity index (χ3v) is 5.97. The molecule has 0 aromatic heterocycles. The Morgan fingerprint density at radius 2 is 1.93 bits per heavy atom. The molecule has 1 saturated carbocycles. The summed E-state index contributed by atoms with van der Waals surface area (Å²) in [7, 11) is 1.67. The number of ether oxygens (including phenoxy) is 2. The second kappa shape index (κ2) is 8.44. The molecule has 1 saturated heterocycles. The van der Waals surface area contributed by atoms with Gasteiger partial charge >= 0.3 is 0 Å². The summed E-state index contributed by atoms with van der Waals surface area (Å²) in [5.41, 5.74) is 2.19. The number of carbonyl (C=O) groups is 1. The van der Waals surface area contributed by atoms with Gasteiger partial charge in [-0.1, -0.05) is 29.8 Å². The van der Waals surface area contributed by atoms with Crippen molar-refractivity contribution < 1.29 is 14.3 Å². The Kier molecular flexibility index (Phi) is 5.77. The van der Waals surface area contributed by atoms with Crippen LogP contribution in [0.4, 0.5) is 0 Å². The van der Waals surface area contributed by atoms with Crippen LogP contribution in [-0.2, 0) is 11.3 Å². The van der Waals surface area contributed by atoms with E-state index < -0.39 is 0 Å². The molecule has 28 heavy (non-hydrogen) atoms. The van der Waals surface area contributed by atoms with E-state index in [9.17, 15) is 4.79 Å². The zero-order chi connectivity index (χ0) is 19.5. The van der Waals surface area contributed by atoms with Crippen molar-refractivity contribution >= 4 is 17.5 Å². The minimum atomic E-state index is 0.170. The summed E-state index contributed by atoms with van der Waals surface area (Å²) >= 11 is 6.08. The molecule has 1 amide bonds. The number of hydrogen-bond acceptors (Lipinski definition) is 3. The van der Waals surface area contributed by atoms with E-state index in [4.69, 9.17) is 21.1 Å². The van der Waals surface area contributed by atoms with Crippen LogP contribution < -0.4 is 9.47 Å². The van der Waals surface area contributed by atoms with Gasteiger partial charge < -0.3 is 14.4 Å². The van der Waals surface area contributed by atoms with Crippen LogP contribution in [0.25, 0.3) is 0 Å². The quantitative estimate of drug-likeness (QED) is 0.671. The van der Waals surface area contributed by atoms with Gasteiger partial charge in [-0.3, -0.25) is 4.79 Å². The molecule has 148 valence electrons. The molecule has 2 aromatic carbocycles. The van der Waals surface area contributed by atoms with Crippen LogP contribution in [0.1, 0.15) is 49.1 Å². The monoisotopic (exact) mass is 399 g/mol. The maximum Gasteiger partial charge on any atom is 0.223 e. The number of carbonyl (C=O) groups excluding carboxylic acids is 1. The lowest BCUT2D eigenvalue weighted by Gasteiger charge is -2.19. The minimum absolute atomic E-state index is 0.170. The molecule has 0 bridgehead atoms. The Labute approximate surface area is 171 Å². The van der Waals surface area contributed by atoms with Crippen molar-refractivity contribution in [3.63, 3.8) is 0 Å². The summed E-state index contributed by atoms with van der Waals surface area (Å²) < 4.78 is 11.7. The van der Waals surface area contributed by atoms with Gasteiger partial charge in [0.05, 0.1) is 13.2 Å². The standard InChI is InChI=1S/C23H26ClNO3/c1-27-21-10-9-17(12-22(21)28-20-7-2-3-8-20)18-13-23(26)25(15-18)14-16-5-4-6-19(24)11-16/h4-6,9-12,18,20H,2-3,7-8,13-15H2,1H3/t18-/m1/s1. The fourth-order valence-corrected chi connectivity index (χ4v) is 4.44. The van der Waals surface area contributed by atoms with Crippen molar-refractivity contribution in [3.05, 3.63) is 58.6 Å². The highest BCUT2D eigenvalue weighted by Crippen LogP contribution is 2.37. The Hall–Kier alpha value is -2.20. The number of hydrogen-bond donors (Lipinski definition) is 0. The van der Waals surface area contributed by atoms with Gasteiger partial charge in [-0.15, -0.1) is 0 Å². The number of amides is 1. The van der Waals surface area contributed by atoms with Gasteiger partial charge in [-0.2, -0.15) is 0 Å². The van der Waals surface area contributed by atoms with Gasteiger partial charge in [0.15, 0.2) is 11.5 Å². The first kappa shape index (κ1) is 19.1. The highest BCUT2D eigenvalue weighted by atomic mass is 35.5. The Morgan fingerprint density at radius 1 is 1.11 bits per heavy atom. The molecule has 0 spiro atoms. The van der Waals surface area contributed by atoms with Gasteiger partial charge in [0.25, 0.3) is 0 Å². The van der Waals surface area contributed by atoms with E-state index in [0.717, 1.165) is 35.5 Å². The van der Waals surface area contributed by atoms with Gasteiger partial charge in [-0.05, 0) is 61.1 Å². The predicted octanol–water partition coefficient (Wildman–Crippen LogP) is 5.19. The van der Waals surface area contributed by atoms with Crippen molar-refractivity contribution in [2.75, 3.05) is 13.7 Å². The molecule has 2 aliphatic rings. The number of rotatable bonds is 6. The van der Waals surface area contributed by atoms with Crippen molar-refractivity contribution in [2.45, 2.75) is 50.7 Å². The number of nitrogens with zero attached hydrogens (tertiary/aromatic N) is 1. The molecular formula is C23H26ClNO3. The lowest BCUT2D eigenvalue weighted by Crippen LogP contribution is -2.24. The molecule has 1 aliphatic heterocycles. The molecule has 4 nitrogen and oxygen atoms in total. The first-order valence-corrected chi connectivity index (χ1v) is 10.4. The van der Waals surface area contributed by atoms with Gasteiger partial charge in [0, 0.05) is 30.5 Å². The SMILES string of the molecule is COc1ccc([C@@H]2CC(=O)N(Cc3cccc(Cl)c3)C2)cc1OC1CCCC1. The summed E-state index contributed by atoms with van der Waals surface area (Å²) in [6.45, 7) is 1.30. The minimum Gasteiger partial charge on any atom is -0.493 e. The average molecular weight is 400 g/mol. The van der Waals surface area contributed by atoms with Crippen molar-refractivity contribution in [1.82, 2.24) is 4.90 Å². The Balaban J connectivity index is 1.48.